The zero-order valence-electron chi connectivity index (χ0n) is 12.0. The summed E-state index contributed by atoms with van der Waals surface area (Å²) in [5.74, 6) is 0.998. The smallest absolute Gasteiger partial charge is 0.142 e. The summed E-state index contributed by atoms with van der Waals surface area (Å²) in [6.07, 6.45) is 5.30. The van der Waals surface area contributed by atoms with E-state index in [0.29, 0.717) is 6.04 Å². The molecule has 19 heavy (non-hydrogen) atoms. The Morgan fingerprint density at radius 1 is 1.21 bits per heavy atom. The van der Waals surface area contributed by atoms with E-state index in [4.69, 9.17) is 4.74 Å². The zero-order valence-corrected chi connectivity index (χ0v) is 12.0. The van der Waals surface area contributed by atoms with Crippen molar-refractivity contribution in [3.63, 3.8) is 0 Å². The first-order valence-corrected chi connectivity index (χ1v) is 7.42. The first-order valence-electron chi connectivity index (χ1n) is 7.42. The Bertz CT molecular complexity index is 442. The second-order valence-electron chi connectivity index (χ2n) is 5.90. The van der Waals surface area contributed by atoms with Crippen LogP contribution in [-0.2, 0) is 0 Å². The van der Waals surface area contributed by atoms with Gasteiger partial charge in [0, 0.05) is 25.2 Å². The van der Waals surface area contributed by atoms with E-state index >= 15 is 0 Å². The zero-order chi connectivity index (χ0) is 13.2. The van der Waals surface area contributed by atoms with Gasteiger partial charge in [-0.15, -0.1) is 0 Å². The highest BCUT2D eigenvalue weighted by molar-refractivity contribution is 5.60. The van der Waals surface area contributed by atoms with Gasteiger partial charge in [-0.1, -0.05) is 6.07 Å². The van der Waals surface area contributed by atoms with Crippen molar-refractivity contribution in [3.8, 4) is 5.75 Å². The maximum Gasteiger partial charge on any atom is 0.142 e. The summed E-state index contributed by atoms with van der Waals surface area (Å²) in [6, 6.07) is 7.89. The van der Waals surface area contributed by atoms with E-state index in [-0.39, 0.29) is 0 Å². The fourth-order valence-electron chi connectivity index (χ4n) is 2.96. The third-order valence-electron chi connectivity index (χ3n) is 4.15. The summed E-state index contributed by atoms with van der Waals surface area (Å²) < 4.78 is 5.52. The maximum absolute atomic E-state index is 5.52. The van der Waals surface area contributed by atoms with Gasteiger partial charge < -0.3 is 15.0 Å². The summed E-state index contributed by atoms with van der Waals surface area (Å²) in [7, 11) is 1.76. The quantitative estimate of drug-likeness (QED) is 0.901. The molecule has 1 heterocycles. The molecule has 2 fully saturated rings. The molecule has 0 bridgehead atoms. The Kier molecular flexibility index (Phi) is 3.65. The molecule has 1 aromatic carbocycles. The lowest BCUT2D eigenvalue weighted by atomic mass is 10.0. The van der Waals surface area contributed by atoms with Crippen molar-refractivity contribution in [3.05, 3.63) is 23.8 Å². The van der Waals surface area contributed by atoms with Gasteiger partial charge in [0.2, 0.25) is 0 Å². The van der Waals surface area contributed by atoms with Crippen molar-refractivity contribution >= 4 is 5.69 Å². The molecule has 0 amide bonds. The van der Waals surface area contributed by atoms with Crippen LogP contribution in [-0.4, -0.2) is 32.3 Å². The molecule has 3 nitrogen and oxygen atoms in total. The number of benzene rings is 1. The molecule has 0 spiro atoms. The van der Waals surface area contributed by atoms with Crippen LogP contribution in [0.1, 0.15) is 31.2 Å². The van der Waals surface area contributed by atoms with Gasteiger partial charge in [-0.05, 0) is 50.3 Å². The summed E-state index contributed by atoms with van der Waals surface area (Å²) in [4.78, 5) is 2.48. The van der Waals surface area contributed by atoms with Gasteiger partial charge in [0.25, 0.3) is 0 Å². The Balaban J connectivity index is 1.74. The minimum absolute atomic E-state index is 0.645. The normalized spacial score (nSPS) is 23.5. The van der Waals surface area contributed by atoms with Gasteiger partial charge >= 0.3 is 0 Å². The van der Waals surface area contributed by atoms with Gasteiger partial charge in [0.15, 0.2) is 0 Å². The lowest BCUT2D eigenvalue weighted by Crippen LogP contribution is -2.46. The highest BCUT2D eigenvalue weighted by Gasteiger charge is 2.28. The van der Waals surface area contributed by atoms with Crippen LogP contribution in [0.25, 0.3) is 0 Å². The molecule has 1 N–H and O–H groups in total. The van der Waals surface area contributed by atoms with Gasteiger partial charge in [-0.3, -0.25) is 0 Å². The van der Waals surface area contributed by atoms with Crippen LogP contribution in [0.3, 0.4) is 0 Å². The van der Waals surface area contributed by atoms with Crippen LogP contribution in [0, 0.1) is 6.92 Å². The summed E-state index contributed by atoms with van der Waals surface area (Å²) >= 11 is 0. The molecule has 0 aromatic heterocycles. The fourth-order valence-corrected chi connectivity index (χ4v) is 2.96. The number of nitrogens with one attached hydrogen (secondary N) is 1. The topological polar surface area (TPSA) is 24.5 Å². The summed E-state index contributed by atoms with van der Waals surface area (Å²) in [6.45, 7) is 4.39. The number of hydrogen-bond acceptors (Lipinski definition) is 3. The van der Waals surface area contributed by atoms with E-state index in [2.05, 4.69) is 35.3 Å². The first kappa shape index (κ1) is 12.8. The molecule has 0 radical (unpaired) electrons. The van der Waals surface area contributed by atoms with Crippen LogP contribution in [0.5, 0.6) is 5.75 Å². The van der Waals surface area contributed by atoms with E-state index in [1.54, 1.807) is 7.11 Å². The number of anilines is 1. The molecule has 2 aliphatic rings. The van der Waals surface area contributed by atoms with Crippen molar-refractivity contribution in [2.24, 2.45) is 0 Å². The van der Waals surface area contributed by atoms with Crippen LogP contribution < -0.4 is 15.0 Å². The molecule has 3 heteroatoms. The van der Waals surface area contributed by atoms with Crippen LogP contribution in [0.15, 0.2) is 18.2 Å². The third-order valence-corrected chi connectivity index (χ3v) is 4.15. The molecule has 104 valence electrons. The van der Waals surface area contributed by atoms with Gasteiger partial charge in [-0.25, -0.2) is 0 Å². The average molecular weight is 260 g/mol. The van der Waals surface area contributed by atoms with Crippen LogP contribution in [0.2, 0.25) is 0 Å². The molecule has 3 rings (SSSR count). The largest absolute Gasteiger partial charge is 0.495 e. The Hall–Kier alpha value is -1.22. The van der Waals surface area contributed by atoms with E-state index in [1.807, 2.05) is 0 Å². The lowest BCUT2D eigenvalue weighted by Gasteiger charge is -2.35. The number of ether oxygens (including phenoxy) is 1. The van der Waals surface area contributed by atoms with Gasteiger partial charge in [0.05, 0.1) is 12.8 Å². The molecule has 1 aromatic rings. The maximum atomic E-state index is 5.52. The van der Waals surface area contributed by atoms with Gasteiger partial charge in [0.1, 0.15) is 5.75 Å². The van der Waals surface area contributed by atoms with Crippen molar-refractivity contribution in [1.29, 1.82) is 0 Å². The van der Waals surface area contributed by atoms with E-state index < -0.39 is 0 Å². The predicted molar refractivity (Wildman–Crippen MR) is 79.1 cm³/mol. The van der Waals surface area contributed by atoms with Crippen molar-refractivity contribution < 1.29 is 4.74 Å². The minimum Gasteiger partial charge on any atom is -0.495 e. The average Bonchev–Trinajstić information content (AvgIpc) is 3.23. The lowest BCUT2D eigenvalue weighted by molar-refractivity contribution is 0.399. The number of aryl methyl sites for hydroxylation is 1. The SMILES string of the molecule is COc1ccc(C)cc1N1CCCC(NC2CC2)C1. The van der Waals surface area contributed by atoms with Crippen LogP contribution >= 0.6 is 0 Å². The minimum atomic E-state index is 0.645. The number of hydrogen-bond donors (Lipinski definition) is 1. The Morgan fingerprint density at radius 3 is 2.79 bits per heavy atom. The monoisotopic (exact) mass is 260 g/mol. The molecular formula is C16H24N2O. The molecule has 1 unspecified atom stereocenters. The van der Waals surface area contributed by atoms with Crippen LogP contribution in [0.4, 0.5) is 5.69 Å². The van der Waals surface area contributed by atoms with Gasteiger partial charge in [-0.2, -0.15) is 0 Å². The molecular weight excluding hydrogens is 236 g/mol. The number of piperidine rings is 1. The van der Waals surface area contributed by atoms with E-state index in [1.165, 1.54) is 36.9 Å². The van der Waals surface area contributed by atoms with E-state index in [0.717, 1.165) is 24.9 Å². The summed E-state index contributed by atoms with van der Waals surface area (Å²) in [5.41, 5.74) is 2.55. The fraction of sp³-hybridized carbons (Fsp3) is 0.625. The Labute approximate surface area is 115 Å². The van der Waals surface area contributed by atoms with Crippen molar-refractivity contribution in [2.45, 2.75) is 44.7 Å². The molecule has 1 atom stereocenters. The highest BCUT2D eigenvalue weighted by Crippen LogP contribution is 2.32. The predicted octanol–water partition coefficient (Wildman–Crippen LogP) is 2.72. The highest BCUT2D eigenvalue weighted by atomic mass is 16.5. The standard InChI is InChI=1S/C16H24N2O/c1-12-5-8-16(19-2)15(10-12)18-9-3-4-14(11-18)17-13-6-7-13/h5,8,10,13-14,17H,3-4,6-7,9,11H2,1-2H3. The molecule has 1 saturated heterocycles. The first-order chi connectivity index (χ1) is 9.26. The second kappa shape index (κ2) is 5.41. The number of rotatable bonds is 4. The molecule has 1 aliphatic heterocycles. The second-order valence-corrected chi connectivity index (χ2v) is 5.90. The van der Waals surface area contributed by atoms with Crippen molar-refractivity contribution in [1.82, 2.24) is 5.32 Å². The number of methoxy groups -OCH3 is 1. The molecule has 1 saturated carbocycles. The van der Waals surface area contributed by atoms with E-state index in [9.17, 15) is 0 Å². The Morgan fingerprint density at radius 2 is 2.05 bits per heavy atom. The van der Waals surface area contributed by atoms with Crippen molar-refractivity contribution in [2.75, 3.05) is 25.1 Å². The number of nitrogens with zero attached hydrogens (tertiary/aromatic N) is 1. The molecule has 1 aliphatic carbocycles. The third kappa shape index (κ3) is 3.03. The summed E-state index contributed by atoms with van der Waals surface area (Å²) in [5, 5.41) is 3.76.